The molecule has 1 heterocycles. The molecule has 6 heteroatoms. The molecule has 0 bridgehead atoms. The molecule has 0 spiro atoms. The SMILES string of the molecule is CCC(C)(C(N)c1ccc(F)c(F)c1F)N1CCOCC1. The fraction of sp³-hybridized carbons (Fsp3) is 0.600. The summed E-state index contributed by atoms with van der Waals surface area (Å²) in [6.45, 7) is 6.41. The molecule has 2 N–H and O–H groups in total. The van der Waals surface area contributed by atoms with E-state index in [0.717, 1.165) is 6.07 Å². The van der Waals surface area contributed by atoms with E-state index in [1.807, 2.05) is 13.8 Å². The van der Waals surface area contributed by atoms with Gasteiger partial charge in [-0.3, -0.25) is 4.90 Å². The highest BCUT2D eigenvalue weighted by atomic mass is 19.2. The largest absolute Gasteiger partial charge is 0.379 e. The zero-order valence-electron chi connectivity index (χ0n) is 12.3. The van der Waals surface area contributed by atoms with Crippen molar-refractivity contribution in [2.24, 2.45) is 5.73 Å². The Morgan fingerprint density at radius 1 is 1.24 bits per heavy atom. The van der Waals surface area contributed by atoms with E-state index < -0.39 is 29.0 Å². The molecular formula is C15H21F3N2O. The highest BCUT2D eigenvalue weighted by Crippen LogP contribution is 2.35. The van der Waals surface area contributed by atoms with Crippen LogP contribution in [0.5, 0.6) is 0 Å². The Bertz CT molecular complexity index is 506. The van der Waals surface area contributed by atoms with Crippen LogP contribution >= 0.6 is 0 Å². The molecule has 2 unspecified atom stereocenters. The fourth-order valence-corrected chi connectivity index (χ4v) is 2.83. The van der Waals surface area contributed by atoms with Gasteiger partial charge in [0.2, 0.25) is 0 Å². The predicted octanol–water partition coefficient (Wildman–Crippen LogP) is 2.60. The van der Waals surface area contributed by atoms with Gasteiger partial charge in [-0.2, -0.15) is 0 Å². The van der Waals surface area contributed by atoms with Crippen LogP contribution in [0.25, 0.3) is 0 Å². The van der Waals surface area contributed by atoms with E-state index in [1.54, 1.807) is 0 Å². The van der Waals surface area contributed by atoms with Crippen molar-refractivity contribution in [2.75, 3.05) is 26.3 Å². The molecule has 1 aromatic carbocycles. The van der Waals surface area contributed by atoms with Gasteiger partial charge in [-0.05, 0) is 19.4 Å². The molecule has 0 radical (unpaired) electrons. The van der Waals surface area contributed by atoms with Crippen molar-refractivity contribution in [1.29, 1.82) is 0 Å². The summed E-state index contributed by atoms with van der Waals surface area (Å²) < 4.78 is 45.8. The smallest absolute Gasteiger partial charge is 0.194 e. The summed E-state index contributed by atoms with van der Waals surface area (Å²) in [6.07, 6.45) is 0.659. The molecule has 1 fully saturated rings. The Kier molecular flexibility index (Phi) is 4.91. The number of ether oxygens (including phenoxy) is 1. The molecule has 1 saturated heterocycles. The monoisotopic (exact) mass is 302 g/mol. The number of rotatable bonds is 4. The van der Waals surface area contributed by atoms with Gasteiger partial charge < -0.3 is 10.5 Å². The second-order valence-corrected chi connectivity index (χ2v) is 5.55. The molecule has 0 amide bonds. The topological polar surface area (TPSA) is 38.5 Å². The lowest BCUT2D eigenvalue weighted by atomic mass is 9.83. The maximum atomic E-state index is 14.0. The average Bonchev–Trinajstić information content (AvgIpc) is 2.52. The van der Waals surface area contributed by atoms with Crippen LogP contribution in [0.3, 0.4) is 0 Å². The van der Waals surface area contributed by atoms with Crippen molar-refractivity contribution in [3.8, 4) is 0 Å². The number of morpholine rings is 1. The van der Waals surface area contributed by atoms with Crippen molar-refractivity contribution in [3.63, 3.8) is 0 Å². The maximum Gasteiger partial charge on any atom is 0.194 e. The summed E-state index contributed by atoms with van der Waals surface area (Å²) in [6, 6.07) is 1.39. The molecule has 2 atom stereocenters. The number of benzene rings is 1. The number of hydrogen-bond donors (Lipinski definition) is 1. The second-order valence-electron chi connectivity index (χ2n) is 5.55. The zero-order chi connectivity index (χ0) is 15.6. The van der Waals surface area contributed by atoms with Gasteiger partial charge in [-0.25, -0.2) is 13.2 Å². The molecule has 2 rings (SSSR count). The van der Waals surface area contributed by atoms with Gasteiger partial charge in [0.15, 0.2) is 17.5 Å². The van der Waals surface area contributed by atoms with Gasteiger partial charge >= 0.3 is 0 Å². The van der Waals surface area contributed by atoms with Gasteiger partial charge in [0.25, 0.3) is 0 Å². The molecule has 3 nitrogen and oxygen atoms in total. The van der Waals surface area contributed by atoms with Crippen molar-refractivity contribution >= 4 is 0 Å². The normalized spacial score (nSPS) is 21.0. The first kappa shape index (κ1) is 16.3. The van der Waals surface area contributed by atoms with Crippen LogP contribution in [0.4, 0.5) is 13.2 Å². The van der Waals surface area contributed by atoms with Crippen LogP contribution < -0.4 is 5.73 Å². The van der Waals surface area contributed by atoms with E-state index in [1.165, 1.54) is 6.07 Å². The first-order chi connectivity index (χ1) is 9.91. The van der Waals surface area contributed by atoms with Crippen molar-refractivity contribution in [3.05, 3.63) is 35.1 Å². The van der Waals surface area contributed by atoms with Crippen LogP contribution in [0.2, 0.25) is 0 Å². The molecule has 0 saturated carbocycles. The molecule has 1 aliphatic heterocycles. The van der Waals surface area contributed by atoms with Crippen LogP contribution in [0.1, 0.15) is 31.9 Å². The fourth-order valence-electron chi connectivity index (χ4n) is 2.83. The van der Waals surface area contributed by atoms with Crippen molar-refractivity contribution < 1.29 is 17.9 Å². The second kappa shape index (κ2) is 6.34. The van der Waals surface area contributed by atoms with E-state index in [-0.39, 0.29) is 5.56 Å². The molecule has 0 aromatic heterocycles. The summed E-state index contributed by atoms with van der Waals surface area (Å²) in [7, 11) is 0. The highest BCUT2D eigenvalue weighted by Gasteiger charge is 2.39. The van der Waals surface area contributed by atoms with Crippen molar-refractivity contribution in [1.82, 2.24) is 4.90 Å². The first-order valence-electron chi connectivity index (χ1n) is 7.13. The Morgan fingerprint density at radius 3 is 2.43 bits per heavy atom. The minimum Gasteiger partial charge on any atom is -0.379 e. The van der Waals surface area contributed by atoms with Gasteiger partial charge in [-0.15, -0.1) is 0 Å². The predicted molar refractivity (Wildman–Crippen MR) is 74.3 cm³/mol. The van der Waals surface area contributed by atoms with E-state index in [4.69, 9.17) is 10.5 Å². The quantitative estimate of drug-likeness (QED) is 0.869. The standard InChI is InChI=1S/C15H21F3N2O/c1-3-15(2,20-6-8-21-9-7-20)14(19)10-4-5-11(16)13(18)12(10)17/h4-5,14H,3,6-9,19H2,1-2H3. The number of nitrogens with zero attached hydrogens (tertiary/aromatic N) is 1. The van der Waals surface area contributed by atoms with Crippen LogP contribution in [0.15, 0.2) is 12.1 Å². The van der Waals surface area contributed by atoms with Gasteiger partial charge in [-0.1, -0.05) is 13.0 Å². The van der Waals surface area contributed by atoms with E-state index in [2.05, 4.69) is 4.90 Å². The lowest BCUT2D eigenvalue weighted by Gasteiger charge is -2.46. The Morgan fingerprint density at radius 2 is 1.86 bits per heavy atom. The highest BCUT2D eigenvalue weighted by molar-refractivity contribution is 5.26. The van der Waals surface area contributed by atoms with E-state index in [0.29, 0.717) is 32.7 Å². The molecule has 1 aromatic rings. The molecule has 0 aliphatic carbocycles. The summed E-state index contributed by atoms with van der Waals surface area (Å²) in [4.78, 5) is 2.13. The van der Waals surface area contributed by atoms with Crippen LogP contribution in [0, 0.1) is 17.5 Å². The number of nitrogens with two attached hydrogens (primary N) is 1. The Hall–Kier alpha value is -1.11. The van der Waals surface area contributed by atoms with Crippen LogP contribution in [-0.4, -0.2) is 36.7 Å². The lowest BCUT2D eigenvalue weighted by molar-refractivity contribution is -0.0282. The minimum atomic E-state index is -1.47. The molecular weight excluding hydrogens is 281 g/mol. The average molecular weight is 302 g/mol. The van der Waals surface area contributed by atoms with Gasteiger partial charge in [0.05, 0.1) is 19.3 Å². The van der Waals surface area contributed by atoms with E-state index in [9.17, 15) is 13.2 Å². The molecule has 21 heavy (non-hydrogen) atoms. The van der Waals surface area contributed by atoms with Gasteiger partial charge in [0, 0.05) is 24.2 Å². The third-order valence-electron chi connectivity index (χ3n) is 4.52. The van der Waals surface area contributed by atoms with Crippen LogP contribution in [-0.2, 0) is 4.74 Å². The van der Waals surface area contributed by atoms with Gasteiger partial charge in [0.1, 0.15) is 0 Å². The molecule has 1 aliphatic rings. The Balaban J connectivity index is 2.35. The zero-order valence-corrected chi connectivity index (χ0v) is 12.3. The van der Waals surface area contributed by atoms with Crippen molar-refractivity contribution in [2.45, 2.75) is 31.8 Å². The molecule has 118 valence electrons. The summed E-state index contributed by atoms with van der Waals surface area (Å²) in [5.74, 6) is -3.87. The first-order valence-corrected chi connectivity index (χ1v) is 7.13. The summed E-state index contributed by atoms with van der Waals surface area (Å²) in [5.41, 5.74) is 5.68. The Labute approximate surface area is 122 Å². The number of halogens is 3. The summed E-state index contributed by atoms with van der Waals surface area (Å²) in [5, 5.41) is 0. The van der Waals surface area contributed by atoms with E-state index >= 15 is 0 Å². The maximum absolute atomic E-state index is 14.0. The summed E-state index contributed by atoms with van der Waals surface area (Å²) >= 11 is 0. The number of hydrogen-bond acceptors (Lipinski definition) is 3. The lowest BCUT2D eigenvalue weighted by Crippen LogP contribution is -2.56. The third kappa shape index (κ3) is 2.93. The third-order valence-corrected chi connectivity index (χ3v) is 4.52. The minimum absolute atomic E-state index is 0.00439.